The molecule has 272 valence electrons. The van der Waals surface area contributed by atoms with E-state index in [1.165, 1.54) is 12.8 Å². The van der Waals surface area contributed by atoms with Gasteiger partial charge in [0.25, 0.3) is 0 Å². The van der Waals surface area contributed by atoms with E-state index in [0.717, 1.165) is 63.4 Å². The summed E-state index contributed by atoms with van der Waals surface area (Å²) in [5.74, 6) is 2.11. The fourth-order valence-electron chi connectivity index (χ4n) is 13.4. The molecular weight excluding hydrogens is 612 g/mol. The molecule has 0 bridgehead atoms. The Hall–Kier alpha value is -2.37. The van der Waals surface area contributed by atoms with E-state index in [1.54, 1.807) is 0 Å². The van der Waals surface area contributed by atoms with E-state index in [2.05, 4.69) is 48.5 Å². The average molecular weight is 677 g/mol. The van der Waals surface area contributed by atoms with Gasteiger partial charge in [-0.15, -0.1) is 0 Å². The van der Waals surface area contributed by atoms with Crippen molar-refractivity contribution in [1.82, 2.24) is 0 Å². The van der Waals surface area contributed by atoms with Gasteiger partial charge in [0.2, 0.25) is 0 Å². The Labute approximate surface area is 296 Å². The number of ether oxygens (including phenoxy) is 3. The normalized spacial score (nSPS) is 40.7. The van der Waals surface area contributed by atoms with Crippen LogP contribution < -0.4 is 0 Å². The Bertz CT molecular complexity index is 1390. The van der Waals surface area contributed by atoms with Crippen LogP contribution in [0.15, 0.2) is 30.3 Å². The highest BCUT2D eigenvalue weighted by Crippen LogP contribution is 2.77. The van der Waals surface area contributed by atoms with Crippen molar-refractivity contribution in [3.05, 3.63) is 35.9 Å². The van der Waals surface area contributed by atoms with E-state index in [9.17, 15) is 14.4 Å². The summed E-state index contributed by atoms with van der Waals surface area (Å²) in [5.41, 5.74) is 0.826. The summed E-state index contributed by atoms with van der Waals surface area (Å²) in [6.45, 7) is 19.1. The zero-order valence-corrected chi connectivity index (χ0v) is 31.8. The third kappa shape index (κ3) is 5.87. The number of hydrogen-bond acceptors (Lipinski definition) is 6. The summed E-state index contributed by atoms with van der Waals surface area (Å²) in [4.78, 5) is 39.6. The van der Waals surface area contributed by atoms with Gasteiger partial charge in [-0.2, -0.15) is 0 Å². The van der Waals surface area contributed by atoms with Crippen molar-refractivity contribution in [2.75, 3.05) is 6.61 Å². The molecule has 0 radical (unpaired) electrons. The molecule has 49 heavy (non-hydrogen) atoms. The Morgan fingerprint density at radius 1 is 0.776 bits per heavy atom. The SMILES string of the molecule is CCCC(=O)O[C@@H]1CC[C@@]2(C)C(CC[C@]3(C)C2CCC2C4[C@H](C(C)C)CC[C@]4(C(=O)OCC(=O)OCc4ccccc4)CC[C@]23C)C1(C)C. The van der Waals surface area contributed by atoms with Gasteiger partial charge in [0, 0.05) is 11.8 Å². The second-order valence-electron chi connectivity index (χ2n) is 18.6. The third-order valence-electron chi connectivity index (χ3n) is 16.0. The number of carbonyl (C=O) groups is 3. The highest BCUT2D eigenvalue weighted by atomic mass is 16.6. The maximum absolute atomic E-state index is 14.3. The van der Waals surface area contributed by atoms with Crippen LogP contribution in [0.3, 0.4) is 0 Å². The molecule has 5 fully saturated rings. The smallest absolute Gasteiger partial charge is 0.344 e. The van der Waals surface area contributed by atoms with Gasteiger partial charge in [-0.1, -0.05) is 85.7 Å². The number of benzene rings is 1. The Kier molecular flexibility index (Phi) is 9.89. The molecule has 0 N–H and O–H groups in total. The minimum atomic E-state index is -0.522. The number of carbonyl (C=O) groups excluding carboxylic acids is 3. The highest BCUT2D eigenvalue weighted by molar-refractivity contribution is 5.81. The van der Waals surface area contributed by atoms with Gasteiger partial charge in [0.15, 0.2) is 6.61 Å². The van der Waals surface area contributed by atoms with Gasteiger partial charge in [0.05, 0.1) is 5.41 Å². The topological polar surface area (TPSA) is 78.9 Å². The molecule has 0 saturated heterocycles. The van der Waals surface area contributed by atoms with E-state index in [-0.39, 0.29) is 58.8 Å². The molecule has 5 aliphatic rings. The van der Waals surface area contributed by atoms with Gasteiger partial charge in [-0.25, -0.2) is 4.79 Å². The third-order valence-corrected chi connectivity index (χ3v) is 16.0. The first-order valence-electron chi connectivity index (χ1n) is 19.7. The maximum Gasteiger partial charge on any atom is 0.344 e. The minimum absolute atomic E-state index is 0.0110. The molecule has 1 aromatic carbocycles. The fourth-order valence-corrected chi connectivity index (χ4v) is 13.4. The van der Waals surface area contributed by atoms with Crippen molar-refractivity contribution in [2.24, 2.45) is 62.6 Å². The quantitative estimate of drug-likeness (QED) is 0.191. The summed E-state index contributed by atoms with van der Waals surface area (Å²) >= 11 is 0. The van der Waals surface area contributed by atoms with Crippen molar-refractivity contribution in [3.8, 4) is 0 Å². The van der Waals surface area contributed by atoms with E-state index >= 15 is 0 Å². The van der Waals surface area contributed by atoms with Gasteiger partial charge in [0.1, 0.15) is 12.7 Å². The van der Waals surface area contributed by atoms with Crippen LogP contribution in [0.25, 0.3) is 0 Å². The molecule has 5 saturated carbocycles. The largest absolute Gasteiger partial charge is 0.462 e. The molecule has 1 aromatic rings. The molecule has 0 aromatic heterocycles. The molecule has 0 amide bonds. The highest BCUT2D eigenvalue weighted by Gasteiger charge is 2.72. The lowest BCUT2D eigenvalue weighted by Crippen LogP contribution is -2.67. The Balaban J connectivity index is 1.22. The van der Waals surface area contributed by atoms with Crippen LogP contribution >= 0.6 is 0 Å². The second-order valence-corrected chi connectivity index (χ2v) is 18.6. The van der Waals surface area contributed by atoms with Crippen molar-refractivity contribution in [2.45, 2.75) is 145 Å². The van der Waals surface area contributed by atoms with Crippen LogP contribution in [-0.4, -0.2) is 30.6 Å². The van der Waals surface area contributed by atoms with E-state index in [4.69, 9.17) is 14.2 Å². The number of hydrogen-bond donors (Lipinski definition) is 0. The number of fused-ring (bicyclic) bond motifs is 7. The first-order chi connectivity index (χ1) is 23.1. The minimum Gasteiger partial charge on any atom is -0.462 e. The molecule has 0 aliphatic heterocycles. The predicted octanol–water partition coefficient (Wildman–Crippen LogP) is 9.72. The monoisotopic (exact) mass is 676 g/mol. The standard InChI is InChI=1S/C43H64O6/c1-9-13-35(44)49-34-20-21-40(6)32(39(34,4)5)19-22-42(8)33(40)17-16-31-37-30(28(2)3)18-23-43(37,25-24-41(31,42)7)38(46)48-27-36(45)47-26-29-14-11-10-12-15-29/h10-12,14-15,28,30-34,37H,9,13,16-27H2,1-8H3/t30-,31?,32?,33?,34+,37?,40-,41+,42+,43-/m0/s1. The maximum atomic E-state index is 14.3. The second kappa shape index (κ2) is 13.3. The molecule has 6 nitrogen and oxygen atoms in total. The van der Waals surface area contributed by atoms with Crippen molar-refractivity contribution in [1.29, 1.82) is 0 Å². The zero-order valence-electron chi connectivity index (χ0n) is 31.8. The lowest BCUT2D eigenvalue weighted by molar-refractivity contribution is -0.252. The summed E-state index contributed by atoms with van der Waals surface area (Å²) in [6.07, 6.45) is 11.8. The van der Waals surface area contributed by atoms with E-state index in [1.807, 2.05) is 37.3 Å². The van der Waals surface area contributed by atoms with Crippen LogP contribution in [0, 0.1) is 62.6 Å². The van der Waals surface area contributed by atoms with Crippen molar-refractivity contribution >= 4 is 17.9 Å². The molecule has 4 unspecified atom stereocenters. The summed E-state index contributed by atoms with van der Waals surface area (Å²) < 4.78 is 17.6. The van der Waals surface area contributed by atoms with E-state index < -0.39 is 11.4 Å². The lowest BCUT2D eigenvalue weighted by atomic mass is 9.32. The molecule has 6 heteroatoms. The first-order valence-corrected chi connectivity index (χ1v) is 19.7. The average Bonchev–Trinajstić information content (AvgIpc) is 3.46. The molecule has 5 aliphatic carbocycles. The number of esters is 3. The molecule has 6 rings (SSSR count). The summed E-state index contributed by atoms with van der Waals surface area (Å²) in [5, 5.41) is 0. The Morgan fingerprint density at radius 2 is 1.51 bits per heavy atom. The van der Waals surface area contributed by atoms with E-state index in [0.29, 0.717) is 36.0 Å². The zero-order chi connectivity index (χ0) is 35.4. The molecule has 0 spiro atoms. The fraction of sp³-hybridized carbons (Fsp3) is 0.791. The summed E-state index contributed by atoms with van der Waals surface area (Å²) in [6, 6.07) is 9.62. The molecule has 10 atom stereocenters. The van der Waals surface area contributed by atoms with Gasteiger partial charge < -0.3 is 14.2 Å². The van der Waals surface area contributed by atoms with Gasteiger partial charge >= 0.3 is 17.9 Å². The summed E-state index contributed by atoms with van der Waals surface area (Å²) in [7, 11) is 0. The van der Waals surface area contributed by atoms with Crippen molar-refractivity contribution < 1.29 is 28.6 Å². The first kappa shape index (κ1) is 36.4. The van der Waals surface area contributed by atoms with Crippen LogP contribution in [0.4, 0.5) is 0 Å². The van der Waals surface area contributed by atoms with Gasteiger partial charge in [-0.3, -0.25) is 9.59 Å². The van der Waals surface area contributed by atoms with Gasteiger partial charge in [-0.05, 0) is 128 Å². The van der Waals surface area contributed by atoms with Crippen LogP contribution in [0.1, 0.15) is 138 Å². The lowest BCUT2D eigenvalue weighted by Gasteiger charge is -2.72. The molecular formula is C43H64O6. The molecule has 0 heterocycles. The van der Waals surface area contributed by atoms with Crippen LogP contribution in [0.5, 0.6) is 0 Å². The predicted molar refractivity (Wildman–Crippen MR) is 191 cm³/mol. The number of rotatable bonds is 9. The Morgan fingerprint density at radius 3 is 2.20 bits per heavy atom. The van der Waals surface area contributed by atoms with Crippen molar-refractivity contribution in [3.63, 3.8) is 0 Å². The van der Waals surface area contributed by atoms with Crippen LogP contribution in [0.2, 0.25) is 0 Å². The van der Waals surface area contributed by atoms with Crippen LogP contribution in [-0.2, 0) is 35.2 Å².